The SMILES string of the molecule is CC[C@@]12/C=C\CCCCOC(=O)[C@@H]1[C@H]1C(=O)N([C@@H](CO)Cc3ccccc3)C3C(=O)N(C(C)C)CC=C[C@@]31O2. The molecule has 210 valence electrons. The maximum absolute atomic E-state index is 14.6. The Morgan fingerprint density at radius 2 is 1.79 bits per heavy atom. The first-order chi connectivity index (χ1) is 18.8. The topological polar surface area (TPSA) is 96.4 Å². The average Bonchev–Trinajstić information content (AvgIpc) is 3.29. The number of aliphatic hydroxyl groups excluding tert-OH is 1. The van der Waals surface area contributed by atoms with Crippen LogP contribution in [0.4, 0.5) is 0 Å². The summed E-state index contributed by atoms with van der Waals surface area (Å²) in [5.41, 5.74) is -1.50. The van der Waals surface area contributed by atoms with Gasteiger partial charge in [0.2, 0.25) is 11.8 Å². The highest BCUT2D eigenvalue weighted by molar-refractivity contribution is 5.99. The molecule has 1 aromatic rings. The zero-order valence-electron chi connectivity index (χ0n) is 23.1. The molecule has 2 saturated heterocycles. The Kier molecular flexibility index (Phi) is 7.71. The molecule has 4 aliphatic heterocycles. The molecule has 0 radical (unpaired) electrons. The second-order valence-electron chi connectivity index (χ2n) is 11.4. The van der Waals surface area contributed by atoms with Crippen molar-refractivity contribution in [2.24, 2.45) is 11.8 Å². The monoisotopic (exact) mass is 536 g/mol. The summed E-state index contributed by atoms with van der Waals surface area (Å²) in [5, 5.41) is 10.6. The minimum absolute atomic E-state index is 0.109. The fourth-order valence-electron chi connectivity index (χ4n) is 6.99. The van der Waals surface area contributed by atoms with Gasteiger partial charge in [0.1, 0.15) is 23.2 Å². The van der Waals surface area contributed by atoms with Gasteiger partial charge >= 0.3 is 5.97 Å². The number of hydrogen-bond acceptors (Lipinski definition) is 6. The minimum Gasteiger partial charge on any atom is -0.465 e. The van der Waals surface area contributed by atoms with Crippen molar-refractivity contribution in [1.82, 2.24) is 9.80 Å². The summed E-state index contributed by atoms with van der Waals surface area (Å²) >= 11 is 0. The normalized spacial score (nSPS) is 34.3. The number of cyclic esters (lactones) is 1. The first kappa shape index (κ1) is 27.6. The first-order valence-corrected chi connectivity index (χ1v) is 14.3. The lowest BCUT2D eigenvalue weighted by Gasteiger charge is -2.41. The molecular formula is C31H40N2O6. The fourth-order valence-corrected chi connectivity index (χ4v) is 6.99. The molecule has 6 atom stereocenters. The van der Waals surface area contributed by atoms with Crippen LogP contribution in [0.3, 0.4) is 0 Å². The van der Waals surface area contributed by atoms with Crippen LogP contribution >= 0.6 is 0 Å². The number of esters is 1. The molecular weight excluding hydrogens is 496 g/mol. The summed E-state index contributed by atoms with van der Waals surface area (Å²) in [6, 6.07) is 7.83. The number of amides is 2. The maximum atomic E-state index is 14.6. The number of nitrogens with zero attached hydrogens (tertiary/aromatic N) is 2. The van der Waals surface area contributed by atoms with Crippen molar-refractivity contribution in [3.63, 3.8) is 0 Å². The van der Waals surface area contributed by atoms with E-state index >= 15 is 0 Å². The maximum Gasteiger partial charge on any atom is 0.313 e. The number of allylic oxidation sites excluding steroid dienone is 1. The van der Waals surface area contributed by atoms with Crippen molar-refractivity contribution in [3.05, 3.63) is 60.2 Å². The highest BCUT2D eigenvalue weighted by Crippen LogP contribution is 2.58. The van der Waals surface area contributed by atoms with Crippen LogP contribution in [0.5, 0.6) is 0 Å². The van der Waals surface area contributed by atoms with E-state index in [-0.39, 0.29) is 31.1 Å². The van der Waals surface area contributed by atoms with Gasteiger partial charge in [-0.15, -0.1) is 0 Å². The van der Waals surface area contributed by atoms with Crippen LogP contribution in [0.15, 0.2) is 54.6 Å². The first-order valence-electron chi connectivity index (χ1n) is 14.3. The Hall–Kier alpha value is -2.97. The summed E-state index contributed by atoms with van der Waals surface area (Å²) < 4.78 is 12.7. The number of likely N-dealkylation sites (tertiary alicyclic amines) is 1. The second kappa shape index (κ2) is 10.9. The van der Waals surface area contributed by atoms with Gasteiger partial charge in [-0.1, -0.05) is 61.6 Å². The van der Waals surface area contributed by atoms with Crippen molar-refractivity contribution >= 4 is 17.8 Å². The molecule has 1 N–H and O–H groups in total. The van der Waals surface area contributed by atoms with Crippen molar-refractivity contribution in [2.75, 3.05) is 19.8 Å². The predicted octanol–water partition coefficient (Wildman–Crippen LogP) is 3.04. The molecule has 1 aromatic carbocycles. The Balaban J connectivity index is 1.67. The van der Waals surface area contributed by atoms with Gasteiger partial charge < -0.3 is 24.4 Å². The standard InChI is InChI=1S/C31H40N2O6/c1-4-30-15-10-5-6-11-18-38-29(37)25(30)24-27(35)33(23(20-34)19-22-13-8-7-9-14-22)26-28(36)32(21(2)3)17-12-16-31(24,26)39-30/h7-10,12-16,21,23-26,34H,4-6,11,17-20H2,1-3H3/b15-10-/t23-,24+,25+,26?,30-,31+/m1/s1. The van der Waals surface area contributed by atoms with Gasteiger partial charge in [0.25, 0.3) is 0 Å². The van der Waals surface area contributed by atoms with Crippen LogP contribution in [-0.2, 0) is 30.3 Å². The number of fused-ring (bicyclic) bond motifs is 2. The Morgan fingerprint density at radius 1 is 1.03 bits per heavy atom. The van der Waals surface area contributed by atoms with E-state index < -0.39 is 41.1 Å². The lowest BCUT2D eigenvalue weighted by atomic mass is 9.73. The Morgan fingerprint density at radius 3 is 2.49 bits per heavy atom. The van der Waals surface area contributed by atoms with Crippen molar-refractivity contribution in [1.29, 1.82) is 0 Å². The molecule has 4 aliphatic rings. The fraction of sp³-hybridized carbons (Fsp3) is 0.581. The Labute approximate surface area is 230 Å². The zero-order chi connectivity index (χ0) is 27.8. The van der Waals surface area contributed by atoms with Crippen molar-refractivity contribution in [2.45, 2.75) is 82.2 Å². The van der Waals surface area contributed by atoms with E-state index in [4.69, 9.17) is 9.47 Å². The molecule has 0 saturated carbocycles. The highest BCUT2D eigenvalue weighted by Gasteiger charge is 2.75. The largest absolute Gasteiger partial charge is 0.465 e. The van der Waals surface area contributed by atoms with E-state index in [9.17, 15) is 19.5 Å². The zero-order valence-corrected chi connectivity index (χ0v) is 23.1. The smallest absolute Gasteiger partial charge is 0.313 e. The molecule has 0 aromatic heterocycles. The summed E-state index contributed by atoms with van der Waals surface area (Å²) in [5.74, 6) is -2.90. The molecule has 1 unspecified atom stereocenters. The third-order valence-corrected chi connectivity index (χ3v) is 8.89. The van der Waals surface area contributed by atoms with Crippen LogP contribution in [0, 0.1) is 11.8 Å². The highest BCUT2D eigenvalue weighted by atomic mass is 16.6. The minimum atomic E-state index is -1.36. The summed E-state index contributed by atoms with van der Waals surface area (Å²) in [6.45, 7) is 6.17. The average molecular weight is 537 g/mol. The third-order valence-electron chi connectivity index (χ3n) is 8.89. The molecule has 1 spiro atoms. The van der Waals surface area contributed by atoms with Crippen LogP contribution in [0.25, 0.3) is 0 Å². The van der Waals surface area contributed by atoms with Gasteiger partial charge in [0.15, 0.2) is 0 Å². The van der Waals surface area contributed by atoms with Gasteiger partial charge in [-0.2, -0.15) is 0 Å². The Bertz CT molecular complexity index is 1150. The summed E-state index contributed by atoms with van der Waals surface area (Å²) in [6.07, 6.45) is 11.0. The lowest BCUT2D eigenvalue weighted by molar-refractivity contribution is -0.163. The van der Waals surface area contributed by atoms with Gasteiger partial charge in [-0.3, -0.25) is 14.4 Å². The number of benzene rings is 1. The third kappa shape index (κ3) is 4.51. The number of hydrogen-bond donors (Lipinski definition) is 1. The second-order valence-corrected chi connectivity index (χ2v) is 11.4. The quantitative estimate of drug-likeness (QED) is 0.444. The molecule has 39 heavy (non-hydrogen) atoms. The van der Waals surface area contributed by atoms with E-state index in [0.29, 0.717) is 19.4 Å². The van der Waals surface area contributed by atoms with E-state index in [1.165, 1.54) is 4.90 Å². The number of ether oxygens (including phenoxy) is 2. The van der Waals surface area contributed by atoms with Gasteiger partial charge in [0, 0.05) is 12.6 Å². The molecule has 2 amide bonds. The van der Waals surface area contributed by atoms with E-state index in [0.717, 1.165) is 24.8 Å². The van der Waals surface area contributed by atoms with Crippen LogP contribution in [0.1, 0.15) is 52.0 Å². The predicted molar refractivity (Wildman–Crippen MR) is 145 cm³/mol. The van der Waals surface area contributed by atoms with Gasteiger partial charge in [-0.05, 0) is 51.5 Å². The van der Waals surface area contributed by atoms with E-state index in [2.05, 4.69) is 0 Å². The summed E-state index contributed by atoms with van der Waals surface area (Å²) in [7, 11) is 0. The number of carbonyl (C=O) groups is 3. The van der Waals surface area contributed by atoms with E-state index in [1.807, 2.05) is 75.4 Å². The molecule has 4 heterocycles. The summed E-state index contributed by atoms with van der Waals surface area (Å²) in [4.78, 5) is 45.9. The van der Waals surface area contributed by atoms with Crippen LogP contribution < -0.4 is 0 Å². The lowest BCUT2D eigenvalue weighted by Crippen LogP contribution is -2.60. The number of aliphatic hydroxyl groups is 1. The molecule has 8 heteroatoms. The number of carbonyl (C=O) groups excluding carboxylic acids is 3. The molecule has 0 bridgehead atoms. The van der Waals surface area contributed by atoms with Crippen LogP contribution in [-0.4, -0.2) is 81.8 Å². The van der Waals surface area contributed by atoms with Crippen molar-refractivity contribution < 1.29 is 29.0 Å². The molecule has 2 fully saturated rings. The van der Waals surface area contributed by atoms with Gasteiger partial charge in [-0.25, -0.2) is 0 Å². The van der Waals surface area contributed by atoms with Crippen LogP contribution in [0.2, 0.25) is 0 Å². The molecule has 0 aliphatic carbocycles. The number of rotatable bonds is 6. The van der Waals surface area contributed by atoms with Gasteiger partial charge in [0.05, 0.1) is 25.2 Å². The molecule has 8 nitrogen and oxygen atoms in total. The molecule has 5 rings (SSSR count). The van der Waals surface area contributed by atoms with Crippen molar-refractivity contribution in [3.8, 4) is 0 Å². The van der Waals surface area contributed by atoms with E-state index in [1.54, 1.807) is 4.90 Å².